The lowest BCUT2D eigenvalue weighted by Gasteiger charge is -2.49. The van der Waals surface area contributed by atoms with E-state index in [2.05, 4.69) is 21.2 Å². The summed E-state index contributed by atoms with van der Waals surface area (Å²) >= 11 is 4.51. The number of nitrogens with zero attached hydrogens (tertiary/aromatic N) is 1. The number of carbonyl (C=O) groups excluding carboxylic acids is 3. The number of nitrogens with one attached hydrogen (secondary N) is 1. The number of amides is 2. The number of β-lactam (4-membered cyclic amide) rings is 1. The van der Waals surface area contributed by atoms with E-state index in [-0.39, 0.29) is 18.1 Å². The number of carboxylic acids is 1. The molecule has 1 aromatic carbocycles. The molecular formula is C18H17BrN2O7S. The summed E-state index contributed by atoms with van der Waals surface area (Å²) in [6, 6.07) is 5.54. The second-order valence-corrected chi connectivity index (χ2v) is 8.41. The van der Waals surface area contributed by atoms with Crippen molar-refractivity contribution in [1.29, 1.82) is 0 Å². The van der Waals surface area contributed by atoms with Crippen LogP contribution in [0.15, 0.2) is 40.0 Å². The first-order valence-corrected chi connectivity index (χ1v) is 10.3. The van der Waals surface area contributed by atoms with Crippen LogP contribution in [0, 0.1) is 0 Å². The highest BCUT2D eigenvalue weighted by Gasteiger charge is 2.54. The lowest BCUT2D eigenvalue weighted by molar-refractivity contribution is -0.152. The number of aliphatic carboxylic acids is 1. The second kappa shape index (κ2) is 8.56. The van der Waals surface area contributed by atoms with Gasteiger partial charge in [-0.25, -0.2) is 4.79 Å². The molecule has 0 aliphatic carbocycles. The van der Waals surface area contributed by atoms with Crippen LogP contribution >= 0.6 is 27.7 Å². The van der Waals surface area contributed by atoms with E-state index in [9.17, 15) is 29.4 Å². The first-order valence-electron chi connectivity index (χ1n) is 8.48. The molecule has 9 nitrogen and oxygen atoms in total. The molecule has 0 saturated carbocycles. The topological polar surface area (TPSA) is 133 Å². The third-order valence-corrected chi connectivity index (χ3v) is 6.30. The van der Waals surface area contributed by atoms with Crippen LogP contribution in [0.25, 0.3) is 0 Å². The van der Waals surface area contributed by atoms with Crippen molar-refractivity contribution >= 4 is 51.4 Å². The lowest BCUT2D eigenvalue weighted by Crippen LogP contribution is -2.71. The van der Waals surface area contributed by atoms with Crippen molar-refractivity contribution in [2.24, 2.45) is 0 Å². The van der Waals surface area contributed by atoms with Gasteiger partial charge >= 0.3 is 11.9 Å². The van der Waals surface area contributed by atoms with Crippen molar-refractivity contribution in [3.8, 4) is 0 Å². The average molecular weight is 485 g/mol. The van der Waals surface area contributed by atoms with Crippen LogP contribution in [0.2, 0.25) is 0 Å². The monoisotopic (exact) mass is 484 g/mol. The normalized spacial score (nSPS) is 21.8. The van der Waals surface area contributed by atoms with E-state index in [1.165, 1.54) is 18.7 Å². The Morgan fingerprint density at radius 1 is 1.34 bits per heavy atom. The summed E-state index contributed by atoms with van der Waals surface area (Å²) in [5.74, 6) is -3.00. The number of thioether (sulfide) groups is 1. The van der Waals surface area contributed by atoms with Crippen LogP contribution in [0.4, 0.5) is 0 Å². The Hall–Kier alpha value is -2.37. The van der Waals surface area contributed by atoms with Crippen molar-refractivity contribution in [3.05, 3.63) is 45.6 Å². The fourth-order valence-electron chi connectivity index (χ4n) is 3.01. The number of carboxylic acid groups (broad SMARTS) is 1. The zero-order chi connectivity index (χ0) is 21.3. The zero-order valence-corrected chi connectivity index (χ0v) is 17.5. The fraction of sp³-hybridized carbons (Fsp3) is 0.333. The first-order chi connectivity index (χ1) is 13.7. The average Bonchev–Trinajstić information content (AvgIpc) is 2.69. The van der Waals surface area contributed by atoms with Crippen molar-refractivity contribution in [3.63, 3.8) is 0 Å². The lowest BCUT2D eigenvalue weighted by atomic mass is 10.0. The number of hydrogen-bond donors (Lipinski definition) is 3. The number of fused-ring (bicyclic) bond motifs is 1. The van der Waals surface area contributed by atoms with E-state index >= 15 is 0 Å². The number of benzene rings is 1. The van der Waals surface area contributed by atoms with Crippen molar-refractivity contribution in [1.82, 2.24) is 10.2 Å². The minimum absolute atomic E-state index is 0.222. The summed E-state index contributed by atoms with van der Waals surface area (Å²) in [6.07, 6.45) is -1.47. The summed E-state index contributed by atoms with van der Waals surface area (Å²) in [6.45, 7) is 0.983. The van der Waals surface area contributed by atoms with Gasteiger partial charge in [-0.15, -0.1) is 11.8 Å². The first kappa shape index (κ1) is 21.3. The maximum absolute atomic E-state index is 12.5. The van der Waals surface area contributed by atoms with Gasteiger partial charge in [0.2, 0.25) is 0 Å². The van der Waals surface area contributed by atoms with Gasteiger partial charge in [0.05, 0.1) is 0 Å². The quantitative estimate of drug-likeness (QED) is 0.398. The SMILES string of the molecule is CC(=O)OCC1=C(C(=O)O)N2C(=O)[C@@H](NC(=O)C(O)c3ccc(Br)cc3)[C@H]2SC1. The molecule has 1 fully saturated rings. The summed E-state index contributed by atoms with van der Waals surface area (Å²) in [4.78, 5) is 48.7. The number of aliphatic hydroxyl groups excluding tert-OH is 1. The van der Waals surface area contributed by atoms with Crippen molar-refractivity contribution in [2.45, 2.75) is 24.4 Å². The molecule has 11 heteroatoms. The number of aliphatic hydroxyl groups is 1. The van der Waals surface area contributed by atoms with Crippen molar-refractivity contribution < 1.29 is 34.1 Å². The Bertz CT molecular complexity index is 902. The molecule has 2 aliphatic rings. The van der Waals surface area contributed by atoms with E-state index in [0.717, 1.165) is 9.37 Å². The highest BCUT2D eigenvalue weighted by Crippen LogP contribution is 2.40. The Balaban J connectivity index is 1.71. The van der Waals surface area contributed by atoms with Gasteiger partial charge in [0.15, 0.2) is 6.10 Å². The molecule has 1 unspecified atom stereocenters. The number of halogens is 1. The van der Waals surface area contributed by atoms with Crippen LogP contribution < -0.4 is 5.32 Å². The molecule has 2 aliphatic heterocycles. The molecule has 0 bridgehead atoms. The maximum atomic E-state index is 12.5. The fourth-order valence-corrected chi connectivity index (χ4v) is 4.60. The van der Waals surface area contributed by atoms with E-state index < -0.39 is 41.3 Å². The van der Waals surface area contributed by atoms with Gasteiger partial charge in [-0.3, -0.25) is 19.3 Å². The molecule has 1 aromatic rings. The van der Waals surface area contributed by atoms with E-state index in [1.54, 1.807) is 24.3 Å². The van der Waals surface area contributed by atoms with Crippen LogP contribution in [0.3, 0.4) is 0 Å². The van der Waals surface area contributed by atoms with Crippen molar-refractivity contribution in [2.75, 3.05) is 12.4 Å². The molecular weight excluding hydrogens is 468 g/mol. The Morgan fingerprint density at radius 2 is 2.00 bits per heavy atom. The van der Waals surface area contributed by atoms with Gasteiger partial charge in [0, 0.05) is 22.7 Å². The largest absolute Gasteiger partial charge is 0.477 e. The number of esters is 1. The molecule has 154 valence electrons. The standard InChI is InChI=1S/C18H17BrN2O7S/c1-8(22)28-6-10-7-29-17-12(16(25)21(17)13(10)18(26)27)20-15(24)14(23)9-2-4-11(19)5-3-9/h2-5,12,14,17,23H,6-7H2,1H3,(H,20,24)(H,26,27)/t12-,14?,17-/m1/s1. The smallest absolute Gasteiger partial charge is 0.352 e. The molecule has 2 heterocycles. The molecule has 3 N–H and O–H groups in total. The molecule has 0 aromatic heterocycles. The van der Waals surface area contributed by atoms with Gasteiger partial charge in [-0.2, -0.15) is 0 Å². The third kappa shape index (κ3) is 4.31. The predicted molar refractivity (Wildman–Crippen MR) is 105 cm³/mol. The summed E-state index contributed by atoms with van der Waals surface area (Å²) in [5.41, 5.74) is 0.432. The van der Waals surface area contributed by atoms with Gasteiger partial charge in [-0.1, -0.05) is 28.1 Å². The number of ether oxygens (including phenoxy) is 1. The molecule has 29 heavy (non-hydrogen) atoms. The molecule has 3 rings (SSSR count). The third-order valence-electron chi connectivity index (χ3n) is 4.43. The van der Waals surface area contributed by atoms with Gasteiger partial charge in [-0.05, 0) is 17.7 Å². The van der Waals surface area contributed by atoms with Gasteiger partial charge in [0.1, 0.15) is 23.7 Å². The minimum atomic E-state index is -1.47. The van der Waals surface area contributed by atoms with Crippen LogP contribution in [0.1, 0.15) is 18.6 Å². The Kier molecular flexibility index (Phi) is 6.30. The van der Waals surface area contributed by atoms with Crippen LogP contribution in [-0.4, -0.2) is 62.6 Å². The van der Waals surface area contributed by atoms with E-state index in [1.807, 2.05) is 0 Å². The van der Waals surface area contributed by atoms with Gasteiger partial charge < -0.3 is 20.3 Å². The summed E-state index contributed by atoms with van der Waals surface area (Å²) in [5, 5.41) is 21.6. The number of hydrogen-bond acceptors (Lipinski definition) is 7. The maximum Gasteiger partial charge on any atom is 0.352 e. The van der Waals surface area contributed by atoms with Crippen LogP contribution in [0.5, 0.6) is 0 Å². The molecule has 3 atom stereocenters. The van der Waals surface area contributed by atoms with Crippen LogP contribution in [-0.2, 0) is 23.9 Å². The van der Waals surface area contributed by atoms with Gasteiger partial charge in [0.25, 0.3) is 11.8 Å². The minimum Gasteiger partial charge on any atom is -0.477 e. The Labute approximate surface area is 178 Å². The van der Waals surface area contributed by atoms with E-state index in [4.69, 9.17) is 4.74 Å². The molecule has 0 radical (unpaired) electrons. The number of carbonyl (C=O) groups is 4. The van der Waals surface area contributed by atoms with E-state index in [0.29, 0.717) is 11.1 Å². The predicted octanol–water partition coefficient (Wildman–Crippen LogP) is 0.784. The molecule has 0 spiro atoms. The summed E-state index contributed by atoms with van der Waals surface area (Å²) in [7, 11) is 0. The molecule has 1 saturated heterocycles. The zero-order valence-electron chi connectivity index (χ0n) is 15.1. The summed E-state index contributed by atoms with van der Waals surface area (Å²) < 4.78 is 5.65. The number of rotatable bonds is 6. The Morgan fingerprint density at radius 3 is 2.59 bits per heavy atom. The molecule has 2 amide bonds. The highest BCUT2D eigenvalue weighted by atomic mass is 79.9. The second-order valence-electron chi connectivity index (χ2n) is 6.39. The highest BCUT2D eigenvalue weighted by molar-refractivity contribution is 9.10.